The molecule has 1 aromatic heterocycles. The summed E-state index contributed by atoms with van der Waals surface area (Å²) in [5.74, 6) is -1.52. The fraction of sp³-hybridized carbons (Fsp3) is 0.381. The average Bonchev–Trinajstić information content (AvgIpc) is 2.74. The van der Waals surface area contributed by atoms with Crippen LogP contribution in [0.1, 0.15) is 40.7 Å². The average molecular weight is 427 g/mol. The van der Waals surface area contributed by atoms with Crippen molar-refractivity contribution in [1.82, 2.24) is 15.3 Å². The number of amides is 1. The first-order valence-electron chi connectivity index (χ1n) is 10.0. The van der Waals surface area contributed by atoms with Gasteiger partial charge in [-0.1, -0.05) is 12.1 Å². The van der Waals surface area contributed by atoms with E-state index in [1.54, 1.807) is 24.4 Å². The maximum atomic E-state index is 12.5. The van der Waals surface area contributed by atoms with Crippen molar-refractivity contribution in [3.63, 3.8) is 0 Å². The predicted molar refractivity (Wildman–Crippen MR) is 113 cm³/mol. The lowest BCUT2D eigenvalue weighted by molar-refractivity contribution is -0.140. The number of fused-ring (bicyclic) bond motifs is 1. The Labute approximate surface area is 178 Å². The van der Waals surface area contributed by atoms with Crippen molar-refractivity contribution in [3.8, 4) is 0 Å². The third kappa shape index (κ3) is 6.14. The van der Waals surface area contributed by atoms with Gasteiger partial charge in [0, 0.05) is 30.3 Å². The number of nitrogens with two attached hydrogens (primary N) is 1. The third-order valence-corrected chi connectivity index (χ3v) is 5.23. The molecule has 2 heterocycles. The highest BCUT2D eigenvalue weighted by Crippen LogP contribution is 2.25. The van der Waals surface area contributed by atoms with Crippen molar-refractivity contribution >= 4 is 29.6 Å². The second kappa shape index (κ2) is 9.88. The molecule has 0 radical (unpaired) electrons. The molecule has 1 aliphatic heterocycles. The van der Waals surface area contributed by atoms with Crippen molar-refractivity contribution in [2.24, 2.45) is 5.92 Å². The van der Waals surface area contributed by atoms with E-state index in [0.29, 0.717) is 11.5 Å². The first-order valence-corrected chi connectivity index (χ1v) is 10.0. The number of carboxylic acid groups (broad SMARTS) is 2. The number of carboxylic acids is 2. The summed E-state index contributed by atoms with van der Waals surface area (Å²) in [6.45, 7) is 0.771. The van der Waals surface area contributed by atoms with Gasteiger partial charge in [-0.15, -0.1) is 0 Å². The van der Waals surface area contributed by atoms with Crippen LogP contribution in [0.3, 0.4) is 0 Å². The molecular weight excluding hydrogens is 402 g/mol. The maximum Gasteiger partial charge on any atom is 0.326 e. The molecule has 0 fully saturated rings. The minimum Gasteiger partial charge on any atom is -0.481 e. The van der Waals surface area contributed by atoms with Gasteiger partial charge in [0.25, 0.3) is 5.91 Å². The molecule has 2 unspecified atom stereocenters. The molecule has 10 nitrogen and oxygen atoms in total. The van der Waals surface area contributed by atoms with Crippen LogP contribution in [0.15, 0.2) is 30.5 Å². The summed E-state index contributed by atoms with van der Waals surface area (Å²) in [5.41, 5.74) is 7.95. The Hall–Kier alpha value is -3.69. The van der Waals surface area contributed by atoms with E-state index in [2.05, 4.69) is 20.6 Å². The van der Waals surface area contributed by atoms with Crippen molar-refractivity contribution in [3.05, 3.63) is 47.2 Å². The van der Waals surface area contributed by atoms with Crippen LogP contribution in [0.4, 0.5) is 11.8 Å². The number of aromatic nitrogens is 2. The monoisotopic (exact) mass is 427 g/mol. The highest BCUT2D eigenvalue weighted by Gasteiger charge is 2.22. The minimum absolute atomic E-state index is 0.179. The molecule has 1 amide bonds. The zero-order chi connectivity index (χ0) is 22.4. The lowest BCUT2D eigenvalue weighted by Gasteiger charge is -2.25. The molecule has 2 aromatic rings. The SMILES string of the molecule is Nc1ncc2c(n1)NCC(CCc1cccc(C(=O)NC(CCC(=O)O)C(=O)O)c1)C2. The number of rotatable bonds is 9. The van der Waals surface area contributed by atoms with Gasteiger partial charge < -0.3 is 26.6 Å². The number of carbonyl (C=O) groups excluding carboxylic acids is 1. The highest BCUT2D eigenvalue weighted by atomic mass is 16.4. The number of carbonyl (C=O) groups is 3. The number of aliphatic carboxylic acids is 2. The van der Waals surface area contributed by atoms with Gasteiger partial charge in [0.2, 0.25) is 5.95 Å². The van der Waals surface area contributed by atoms with Crippen molar-refractivity contribution in [1.29, 1.82) is 0 Å². The second-order valence-corrected chi connectivity index (χ2v) is 7.59. The maximum absolute atomic E-state index is 12.5. The number of anilines is 2. The molecule has 3 rings (SSSR count). The molecule has 0 saturated heterocycles. The molecule has 1 aliphatic rings. The Morgan fingerprint density at radius 1 is 1.29 bits per heavy atom. The minimum atomic E-state index is -1.26. The highest BCUT2D eigenvalue weighted by molar-refractivity contribution is 5.96. The summed E-state index contributed by atoms with van der Waals surface area (Å²) >= 11 is 0. The Balaban J connectivity index is 1.57. The summed E-state index contributed by atoms with van der Waals surface area (Å²) in [4.78, 5) is 42.7. The molecule has 164 valence electrons. The van der Waals surface area contributed by atoms with Gasteiger partial charge in [-0.2, -0.15) is 4.98 Å². The molecular formula is C21H25N5O5. The number of nitrogens with one attached hydrogen (secondary N) is 2. The van der Waals surface area contributed by atoms with Crippen LogP contribution in [0.5, 0.6) is 0 Å². The number of nitrogens with zero attached hydrogens (tertiary/aromatic N) is 2. The van der Waals surface area contributed by atoms with Crippen LogP contribution in [0.2, 0.25) is 0 Å². The Kier molecular flexibility index (Phi) is 7.01. The zero-order valence-corrected chi connectivity index (χ0v) is 16.9. The van der Waals surface area contributed by atoms with Crippen LogP contribution in [-0.2, 0) is 22.4 Å². The molecule has 0 saturated carbocycles. The van der Waals surface area contributed by atoms with Crippen LogP contribution < -0.4 is 16.4 Å². The fourth-order valence-corrected chi connectivity index (χ4v) is 3.56. The molecule has 2 atom stereocenters. The second-order valence-electron chi connectivity index (χ2n) is 7.59. The first kappa shape index (κ1) is 22.0. The van der Waals surface area contributed by atoms with Crippen LogP contribution in [-0.4, -0.2) is 50.6 Å². The Morgan fingerprint density at radius 3 is 2.84 bits per heavy atom. The number of nitrogen functional groups attached to an aromatic ring is 1. The third-order valence-electron chi connectivity index (χ3n) is 5.23. The molecule has 0 spiro atoms. The van der Waals surface area contributed by atoms with E-state index in [-0.39, 0.29) is 18.8 Å². The van der Waals surface area contributed by atoms with Crippen LogP contribution in [0.25, 0.3) is 0 Å². The molecule has 6 N–H and O–H groups in total. The predicted octanol–water partition coefficient (Wildman–Crippen LogP) is 1.32. The van der Waals surface area contributed by atoms with Crippen molar-refractivity contribution in [2.45, 2.75) is 38.1 Å². The van der Waals surface area contributed by atoms with E-state index in [0.717, 1.165) is 42.8 Å². The quantitative estimate of drug-likeness (QED) is 0.396. The summed E-state index contributed by atoms with van der Waals surface area (Å²) in [6.07, 6.45) is 3.70. The summed E-state index contributed by atoms with van der Waals surface area (Å²) in [7, 11) is 0. The van der Waals surface area contributed by atoms with E-state index in [9.17, 15) is 19.5 Å². The summed E-state index contributed by atoms with van der Waals surface area (Å²) in [5, 5.41) is 23.6. The molecule has 31 heavy (non-hydrogen) atoms. The van der Waals surface area contributed by atoms with Gasteiger partial charge >= 0.3 is 11.9 Å². The smallest absolute Gasteiger partial charge is 0.326 e. The number of hydrogen-bond acceptors (Lipinski definition) is 7. The summed E-state index contributed by atoms with van der Waals surface area (Å²) < 4.78 is 0. The van der Waals surface area contributed by atoms with E-state index in [1.165, 1.54) is 0 Å². The van der Waals surface area contributed by atoms with E-state index in [1.807, 2.05) is 6.07 Å². The number of benzene rings is 1. The van der Waals surface area contributed by atoms with Gasteiger partial charge in [0.05, 0.1) is 0 Å². The van der Waals surface area contributed by atoms with Gasteiger partial charge in [0.1, 0.15) is 11.9 Å². The van der Waals surface area contributed by atoms with Gasteiger partial charge in [-0.3, -0.25) is 9.59 Å². The van der Waals surface area contributed by atoms with E-state index in [4.69, 9.17) is 10.8 Å². The number of hydrogen-bond donors (Lipinski definition) is 5. The lowest BCUT2D eigenvalue weighted by Crippen LogP contribution is -2.41. The van der Waals surface area contributed by atoms with Crippen molar-refractivity contribution < 1.29 is 24.6 Å². The lowest BCUT2D eigenvalue weighted by atomic mass is 9.91. The first-order chi connectivity index (χ1) is 14.8. The topological polar surface area (TPSA) is 168 Å². The molecule has 1 aromatic carbocycles. The van der Waals surface area contributed by atoms with Crippen LogP contribution >= 0.6 is 0 Å². The molecule has 0 aliphatic carbocycles. The van der Waals surface area contributed by atoms with Gasteiger partial charge in [0.15, 0.2) is 0 Å². The van der Waals surface area contributed by atoms with Crippen LogP contribution in [0, 0.1) is 5.92 Å². The zero-order valence-electron chi connectivity index (χ0n) is 16.9. The molecule has 10 heteroatoms. The normalized spacial score (nSPS) is 15.9. The standard InChI is InChI=1S/C21H25N5O5/c22-21-24-11-15-9-13(10-23-18(15)26-21)5-4-12-2-1-3-14(8-12)19(29)25-16(20(30)31)6-7-17(27)28/h1-3,8,11,13,16H,4-7,9-10H2,(H,25,29)(H,27,28)(H,30,31)(H3,22,23,24,26). The number of aryl methyl sites for hydroxylation is 1. The fourth-order valence-electron chi connectivity index (χ4n) is 3.56. The summed E-state index contributed by atoms with van der Waals surface area (Å²) in [6, 6.07) is 5.76. The Bertz CT molecular complexity index is 980. The largest absolute Gasteiger partial charge is 0.481 e. The molecule has 0 bridgehead atoms. The Morgan fingerprint density at radius 2 is 2.10 bits per heavy atom. The van der Waals surface area contributed by atoms with Gasteiger partial charge in [-0.25, -0.2) is 9.78 Å². The van der Waals surface area contributed by atoms with E-state index < -0.39 is 23.9 Å². The van der Waals surface area contributed by atoms with Gasteiger partial charge in [-0.05, 0) is 49.3 Å². The van der Waals surface area contributed by atoms with Crippen molar-refractivity contribution in [2.75, 3.05) is 17.6 Å². The van der Waals surface area contributed by atoms with E-state index >= 15 is 0 Å².